The quantitative estimate of drug-likeness (QED) is 0.780. The van der Waals surface area contributed by atoms with Crippen LogP contribution >= 0.6 is 11.3 Å². The summed E-state index contributed by atoms with van der Waals surface area (Å²) in [6.45, 7) is 6.65. The van der Waals surface area contributed by atoms with Gasteiger partial charge in [0.2, 0.25) is 0 Å². The van der Waals surface area contributed by atoms with Crippen LogP contribution in [0, 0.1) is 12.8 Å². The van der Waals surface area contributed by atoms with Crippen LogP contribution in [-0.4, -0.2) is 11.0 Å². The van der Waals surface area contributed by atoms with E-state index in [1.54, 1.807) is 11.3 Å². The van der Waals surface area contributed by atoms with Crippen LogP contribution in [0.5, 0.6) is 0 Å². The number of aryl methyl sites for hydroxylation is 1. The van der Waals surface area contributed by atoms with Gasteiger partial charge in [-0.25, -0.2) is 4.98 Å². The molecule has 0 aliphatic heterocycles. The lowest BCUT2D eigenvalue weighted by molar-refractivity contribution is 0.392. The fraction of sp³-hybridized carbons (Fsp3) is 0.812. The van der Waals surface area contributed by atoms with E-state index in [9.17, 15) is 0 Å². The SMILES string of the molecule is CCCC1CCCC(NC(C)c2nc(C)cs2)CC1. The lowest BCUT2D eigenvalue weighted by Crippen LogP contribution is -2.31. The molecule has 1 heterocycles. The molecule has 1 aromatic rings. The molecule has 2 rings (SSSR count). The van der Waals surface area contributed by atoms with Crippen molar-refractivity contribution in [1.29, 1.82) is 0 Å². The number of hydrogen-bond donors (Lipinski definition) is 1. The Morgan fingerprint density at radius 3 is 2.89 bits per heavy atom. The molecule has 0 aromatic carbocycles. The molecule has 1 saturated carbocycles. The van der Waals surface area contributed by atoms with E-state index in [2.05, 4.69) is 36.5 Å². The zero-order valence-electron chi connectivity index (χ0n) is 12.6. The molecule has 1 N–H and O–H groups in total. The molecule has 3 unspecified atom stereocenters. The highest BCUT2D eigenvalue weighted by molar-refractivity contribution is 7.09. The van der Waals surface area contributed by atoms with Crippen molar-refractivity contribution in [3.05, 3.63) is 16.1 Å². The lowest BCUT2D eigenvalue weighted by atomic mass is 9.95. The second kappa shape index (κ2) is 7.39. The Hall–Kier alpha value is -0.410. The van der Waals surface area contributed by atoms with E-state index < -0.39 is 0 Å². The Bertz CT molecular complexity index is 375. The average Bonchev–Trinajstić information content (AvgIpc) is 2.70. The molecular formula is C16H28N2S. The third-order valence-electron chi connectivity index (χ3n) is 4.28. The van der Waals surface area contributed by atoms with Gasteiger partial charge in [-0.3, -0.25) is 0 Å². The number of hydrogen-bond acceptors (Lipinski definition) is 3. The van der Waals surface area contributed by atoms with E-state index >= 15 is 0 Å². The van der Waals surface area contributed by atoms with Gasteiger partial charge in [0.05, 0.1) is 6.04 Å². The molecule has 0 bridgehead atoms. The Morgan fingerprint density at radius 1 is 1.37 bits per heavy atom. The van der Waals surface area contributed by atoms with Crippen molar-refractivity contribution in [2.75, 3.05) is 0 Å². The normalized spacial score (nSPS) is 26.1. The third kappa shape index (κ3) is 4.57. The van der Waals surface area contributed by atoms with Gasteiger partial charge >= 0.3 is 0 Å². The summed E-state index contributed by atoms with van der Waals surface area (Å²) in [5, 5.41) is 7.19. The monoisotopic (exact) mass is 280 g/mol. The fourth-order valence-corrected chi connectivity index (χ4v) is 4.05. The molecule has 0 radical (unpaired) electrons. The van der Waals surface area contributed by atoms with Crippen LogP contribution in [0.3, 0.4) is 0 Å². The van der Waals surface area contributed by atoms with E-state index in [4.69, 9.17) is 0 Å². The van der Waals surface area contributed by atoms with Crippen LogP contribution in [0.25, 0.3) is 0 Å². The predicted octanol–water partition coefficient (Wildman–Crippen LogP) is 4.85. The molecule has 108 valence electrons. The average molecular weight is 280 g/mol. The molecule has 0 amide bonds. The lowest BCUT2D eigenvalue weighted by Gasteiger charge is -2.21. The molecule has 3 heteroatoms. The van der Waals surface area contributed by atoms with E-state index in [1.807, 2.05) is 0 Å². The van der Waals surface area contributed by atoms with Gasteiger partial charge in [0.1, 0.15) is 5.01 Å². The molecule has 1 aliphatic rings. The third-order valence-corrected chi connectivity index (χ3v) is 5.42. The largest absolute Gasteiger partial charge is 0.305 e. The van der Waals surface area contributed by atoms with Crippen LogP contribution in [-0.2, 0) is 0 Å². The van der Waals surface area contributed by atoms with Gasteiger partial charge in [-0.05, 0) is 39.0 Å². The second-order valence-electron chi connectivity index (χ2n) is 6.08. The van der Waals surface area contributed by atoms with Crippen LogP contribution in [0.1, 0.15) is 75.5 Å². The summed E-state index contributed by atoms with van der Waals surface area (Å²) >= 11 is 1.79. The Kier molecular flexibility index (Phi) is 5.83. The zero-order chi connectivity index (χ0) is 13.7. The molecule has 0 spiro atoms. The maximum atomic E-state index is 4.60. The van der Waals surface area contributed by atoms with E-state index in [1.165, 1.54) is 50.0 Å². The molecule has 1 aliphatic carbocycles. The summed E-state index contributed by atoms with van der Waals surface area (Å²) in [7, 11) is 0. The highest BCUT2D eigenvalue weighted by Crippen LogP contribution is 2.28. The number of nitrogens with one attached hydrogen (secondary N) is 1. The molecule has 1 fully saturated rings. The number of thiazole rings is 1. The van der Waals surface area contributed by atoms with Crippen LogP contribution in [0.2, 0.25) is 0 Å². The number of nitrogens with zero attached hydrogens (tertiary/aromatic N) is 1. The van der Waals surface area contributed by atoms with Crippen molar-refractivity contribution < 1.29 is 0 Å². The van der Waals surface area contributed by atoms with E-state index in [-0.39, 0.29) is 0 Å². The predicted molar refractivity (Wildman–Crippen MR) is 83.7 cm³/mol. The summed E-state index contributed by atoms with van der Waals surface area (Å²) < 4.78 is 0. The molecule has 2 nitrogen and oxygen atoms in total. The topological polar surface area (TPSA) is 24.9 Å². The summed E-state index contributed by atoms with van der Waals surface area (Å²) in [4.78, 5) is 4.60. The Labute approximate surface area is 122 Å². The smallest absolute Gasteiger partial charge is 0.110 e. The maximum Gasteiger partial charge on any atom is 0.110 e. The first-order valence-electron chi connectivity index (χ1n) is 7.87. The molecule has 1 aromatic heterocycles. The molecular weight excluding hydrogens is 252 g/mol. The van der Waals surface area contributed by atoms with Crippen molar-refractivity contribution in [1.82, 2.24) is 10.3 Å². The van der Waals surface area contributed by atoms with Crippen molar-refractivity contribution >= 4 is 11.3 Å². The van der Waals surface area contributed by atoms with Crippen molar-refractivity contribution in [3.8, 4) is 0 Å². The fourth-order valence-electron chi connectivity index (χ4n) is 3.24. The van der Waals surface area contributed by atoms with Gasteiger partial charge < -0.3 is 5.32 Å². The number of aromatic nitrogens is 1. The molecule has 0 saturated heterocycles. The summed E-state index contributed by atoms with van der Waals surface area (Å²) in [5.74, 6) is 0.981. The first kappa shape index (κ1) is 15.0. The van der Waals surface area contributed by atoms with Crippen molar-refractivity contribution in [2.45, 2.75) is 77.8 Å². The van der Waals surface area contributed by atoms with Gasteiger partial charge in [0.15, 0.2) is 0 Å². The highest BCUT2D eigenvalue weighted by atomic mass is 32.1. The minimum Gasteiger partial charge on any atom is -0.305 e. The van der Waals surface area contributed by atoms with E-state index in [0.29, 0.717) is 12.1 Å². The maximum absolute atomic E-state index is 4.60. The van der Waals surface area contributed by atoms with Crippen LogP contribution in [0.15, 0.2) is 5.38 Å². The first-order chi connectivity index (χ1) is 9.19. The van der Waals surface area contributed by atoms with E-state index in [0.717, 1.165) is 11.6 Å². The summed E-state index contributed by atoms with van der Waals surface area (Å²) in [6.07, 6.45) is 9.71. The zero-order valence-corrected chi connectivity index (χ0v) is 13.4. The van der Waals surface area contributed by atoms with Gasteiger partial charge in [0, 0.05) is 17.1 Å². The minimum atomic E-state index is 0.409. The minimum absolute atomic E-state index is 0.409. The molecule has 19 heavy (non-hydrogen) atoms. The first-order valence-corrected chi connectivity index (χ1v) is 8.75. The second-order valence-corrected chi connectivity index (χ2v) is 6.97. The van der Waals surface area contributed by atoms with Crippen LogP contribution in [0.4, 0.5) is 0 Å². The Balaban J connectivity index is 1.82. The highest BCUT2D eigenvalue weighted by Gasteiger charge is 2.20. The molecule has 3 atom stereocenters. The van der Waals surface area contributed by atoms with Crippen molar-refractivity contribution in [3.63, 3.8) is 0 Å². The standard InChI is InChI=1S/C16H28N2S/c1-4-6-14-7-5-8-15(10-9-14)18-13(3)16-17-12(2)11-19-16/h11,13-15,18H,4-10H2,1-3H3. The number of rotatable bonds is 5. The van der Waals surface area contributed by atoms with Gasteiger partial charge in [-0.2, -0.15) is 0 Å². The van der Waals surface area contributed by atoms with Gasteiger partial charge in [0.25, 0.3) is 0 Å². The van der Waals surface area contributed by atoms with Gasteiger partial charge in [-0.15, -0.1) is 11.3 Å². The van der Waals surface area contributed by atoms with Crippen LogP contribution < -0.4 is 5.32 Å². The summed E-state index contributed by atoms with van der Waals surface area (Å²) in [5.41, 5.74) is 1.15. The van der Waals surface area contributed by atoms with Gasteiger partial charge in [-0.1, -0.05) is 32.6 Å². The van der Waals surface area contributed by atoms with Crippen molar-refractivity contribution in [2.24, 2.45) is 5.92 Å². The summed E-state index contributed by atoms with van der Waals surface area (Å²) in [6, 6.07) is 1.10. The Morgan fingerprint density at radius 2 is 2.21 bits per heavy atom.